The van der Waals surface area contributed by atoms with Crippen LogP contribution in [-0.2, 0) is 9.53 Å². The van der Waals surface area contributed by atoms with Gasteiger partial charge in [-0.25, -0.2) is 9.18 Å². The number of halogens is 1. The van der Waals surface area contributed by atoms with E-state index in [0.717, 1.165) is 5.56 Å². The van der Waals surface area contributed by atoms with Crippen molar-refractivity contribution in [2.45, 2.75) is 19.1 Å². The standard InChI is InChI=1S/C13H16FNO3S/c1-3-18-13(17)15-12(16)8-19-9(2)10-4-6-11(14)7-5-10/h4-7,9H,3,8H2,1-2H3,(H,15,16,17)/t9-/m1/s1. The van der Waals surface area contributed by atoms with Gasteiger partial charge in [0.15, 0.2) is 0 Å². The molecule has 0 spiro atoms. The third-order valence-corrected chi connectivity index (χ3v) is 3.52. The zero-order valence-electron chi connectivity index (χ0n) is 10.8. The van der Waals surface area contributed by atoms with Gasteiger partial charge in [0, 0.05) is 5.25 Å². The molecule has 0 saturated heterocycles. The summed E-state index contributed by atoms with van der Waals surface area (Å²) in [5.41, 5.74) is 0.926. The second kappa shape index (κ2) is 7.78. The van der Waals surface area contributed by atoms with Crippen LogP contribution in [0.3, 0.4) is 0 Å². The van der Waals surface area contributed by atoms with Gasteiger partial charge in [0.25, 0.3) is 0 Å². The second-order valence-corrected chi connectivity index (χ2v) is 5.10. The first-order valence-electron chi connectivity index (χ1n) is 5.86. The summed E-state index contributed by atoms with van der Waals surface area (Å²) in [6, 6.07) is 6.11. The fourth-order valence-corrected chi connectivity index (χ4v) is 2.17. The van der Waals surface area contributed by atoms with E-state index < -0.39 is 12.0 Å². The molecule has 0 fully saturated rings. The number of ether oxygens (including phenoxy) is 1. The number of nitrogens with one attached hydrogen (secondary N) is 1. The normalized spacial score (nSPS) is 11.7. The van der Waals surface area contributed by atoms with Crippen LogP contribution in [0.5, 0.6) is 0 Å². The van der Waals surface area contributed by atoms with E-state index in [0.29, 0.717) is 0 Å². The number of alkyl carbamates (subject to hydrolysis) is 1. The molecular formula is C13H16FNO3S. The summed E-state index contributed by atoms with van der Waals surface area (Å²) in [6.07, 6.45) is -0.734. The fourth-order valence-electron chi connectivity index (χ4n) is 1.35. The number of thioether (sulfide) groups is 1. The van der Waals surface area contributed by atoms with Crippen LogP contribution in [0.1, 0.15) is 24.7 Å². The van der Waals surface area contributed by atoms with Crippen LogP contribution < -0.4 is 5.32 Å². The number of imide groups is 1. The molecule has 104 valence electrons. The molecule has 2 amide bonds. The Morgan fingerprint density at radius 2 is 2.00 bits per heavy atom. The molecule has 1 rings (SSSR count). The summed E-state index contributed by atoms with van der Waals surface area (Å²) < 4.78 is 17.4. The molecule has 0 heterocycles. The molecule has 6 heteroatoms. The Hall–Kier alpha value is -1.56. The van der Waals surface area contributed by atoms with Crippen LogP contribution in [0.25, 0.3) is 0 Å². The number of rotatable bonds is 5. The van der Waals surface area contributed by atoms with E-state index in [-0.39, 0.29) is 23.4 Å². The van der Waals surface area contributed by atoms with Gasteiger partial charge in [-0.2, -0.15) is 0 Å². The van der Waals surface area contributed by atoms with Crippen molar-refractivity contribution in [3.63, 3.8) is 0 Å². The quantitative estimate of drug-likeness (QED) is 0.903. The van der Waals surface area contributed by atoms with Gasteiger partial charge in [-0.3, -0.25) is 10.1 Å². The fraction of sp³-hybridized carbons (Fsp3) is 0.385. The first-order chi connectivity index (χ1) is 9.02. The molecular weight excluding hydrogens is 269 g/mol. The lowest BCUT2D eigenvalue weighted by molar-refractivity contribution is -0.117. The maximum Gasteiger partial charge on any atom is 0.413 e. The predicted octanol–water partition coefficient (Wildman–Crippen LogP) is 2.89. The third kappa shape index (κ3) is 5.74. The minimum absolute atomic E-state index is 0.0357. The van der Waals surface area contributed by atoms with Crippen molar-refractivity contribution < 1.29 is 18.7 Å². The van der Waals surface area contributed by atoms with E-state index in [2.05, 4.69) is 10.1 Å². The molecule has 0 aliphatic rings. The van der Waals surface area contributed by atoms with E-state index in [1.54, 1.807) is 19.1 Å². The minimum atomic E-state index is -0.734. The van der Waals surface area contributed by atoms with Crippen molar-refractivity contribution in [2.75, 3.05) is 12.4 Å². The number of hydrogen-bond acceptors (Lipinski definition) is 4. The lowest BCUT2D eigenvalue weighted by Gasteiger charge is -2.11. The van der Waals surface area contributed by atoms with Gasteiger partial charge in [-0.15, -0.1) is 11.8 Å². The highest BCUT2D eigenvalue weighted by Gasteiger charge is 2.12. The molecule has 4 nitrogen and oxygen atoms in total. The lowest BCUT2D eigenvalue weighted by Crippen LogP contribution is -2.32. The summed E-state index contributed by atoms with van der Waals surface area (Å²) in [5.74, 6) is -0.560. The Morgan fingerprint density at radius 3 is 2.58 bits per heavy atom. The number of carbonyl (C=O) groups excluding carboxylic acids is 2. The van der Waals surface area contributed by atoms with Crippen LogP contribution in [0.2, 0.25) is 0 Å². The van der Waals surface area contributed by atoms with Gasteiger partial charge >= 0.3 is 6.09 Å². The Morgan fingerprint density at radius 1 is 1.37 bits per heavy atom. The molecule has 0 saturated carbocycles. The molecule has 1 aromatic rings. The van der Waals surface area contributed by atoms with Crippen LogP contribution in [0.15, 0.2) is 24.3 Å². The van der Waals surface area contributed by atoms with Crippen LogP contribution >= 0.6 is 11.8 Å². The predicted molar refractivity (Wildman–Crippen MR) is 72.4 cm³/mol. The topological polar surface area (TPSA) is 55.4 Å². The minimum Gasteiger partial charge on any atom is -0.450 e. The van der Waals surface area contributed by atoms with E-state index in [4.69, 9.17) is 0 Å². The van der Waals surface area contributed by atoms with Crippen molar-refractivity contribution >= 4 is 23.8 Å². The zero-order chi connectivity index (χ0) is 14.3. The van der Waals surface area contributed by atoms with Crippen molar-refractivity contribution in [3.05, 3.63) is 35.6 Å². The smallest absolute Gasteiger partial charge is 0.413 e. The van der Waals surface area contributed by atoms with Gasteiger partial charge in [-0.05, 0) is 31.5 Å². The van der Waals surface area contributed by atoms with E-state index in [9.17, 15) is 14.0 Å². The highest BCUT2D eigenvalue weighted by atomic mass is 32.2. The van der Waals surface area contributed by atoms with Crippen LogP contribution in [0, 0.1) is 5.82 Å². The molecule has 0 aliphatic heterocycles. The second-order valence-electron chi connectivity index (χ2n) is 3.77. The molecule has 1 atom stereocenters. The van der Waals surface area contributed by atoms with Gasteiger partial charge in [-0.1, -0.05) is 12.1 Å². The van der Waals surface area contributed by atoms with Gasteiger partial charge < -0.3 is 4.74 Å². The number of hydrogen-bond donors (Lipinski definition) is 1. The van der Waals surface area contributed by atoms with E-state index in [1.807, 2.05) is 6.92 Å². The van der Waals surface area contributed by atoms with Crippen LogP contribution in [0.4, 0.5) is 9.18 Å². The van der Waals surface area contributed by atoms with Gasteiger partial charge in [0.2, 0.25) is 5.91 Å². The zero-order valence-corrected chi connectivity index (χ0v) is 11.6. The molecule has 0 bridgehead atoms. The SMILES string of the molecule is CCOC(=O)NC(=O)CS[C@H](C)c1ccc(F)cc1. The highest BCUT2D eigenvalue weighted by Crippen LogP contribution is 2.27. The lowest BCUT2D eigenvalue weighted by atomic mass is 10.2. The maximum atomic E-state index is 12.8. The first kappa shape index (κ1) is 15.5. The third-order valence-electron chi connectivity index (χ3n) is 2.32. The highest BCUT2D eigenvalue weighted by molar-refractivity contribution is 8.00. The molecule has 1 aromatic carbocycles. The van der Waals surface area contributed by atoms with Gasteiger partial charge in [0.1, 0.15) is 5.82 Å². The molecule has 19 heavy (non-hydrogen) atoms. The Bertz CT molecular complexity index is 436. The van der Waals surface area contributed by atoms with Crippen molar-refractivity contribution in [3.8, 4) is 0 Å². The number of amides is 2. The molecule has 1 N–H and O–H groups in total. The summed E-state index contributed by atoms with van der Waals surface area (Å²) in [7, 11) is 0. The van der Waals surface area contributed by atoms with E-state index in [1.165, 1.54) is 23.9 Å². The Balaban J connectivity index is 2.37. The summed E-state index contributed by atoms with van der Waals surface area (Å²) >= 11 is 1.36. The number of benzene rings is 1. The Kier molecular flexibility index (Phi) is 6.35. The first-order valence-corrected chi connectivity index (χ1v) is 6.91. The summed E-state index contributed by atoms with van der Waals surface area (Å²) in [6.45, 7) is 3.79. The molecule has 0 aromatic heterocycles. The molecule has 0 radical (unpaired) electrons. The maximum absolute atomic E-state index is 12.8. The van der Waals surface area contributed by atoms with Gasteiger partial charge in [0.05, 0.1) is 12.4 Å². The van der Waals surface area contributed by atoms with Crippen molar-refractivity contribution in [2.24, 2.45) is 0 Å². The molecule has 0 aliphatic carbocycles. The summed E-state index contributed by atoms with van der Waals surface area (Å²) in [5, 5.41) is 2.15. The largest absolute Gasteiger partial charge is 0.450 e. The number of carbonyl (C=O) groups is 2. The average molecular weight is 285 g/mol. The van der Waals surface area contributed by atoms with Crippen molar-refractivity contribution in [1.29, 1.82) is 0 Å². The Labute approximate surface area is 115 Å². The average Bonchev–Trinajstić information content (AvgIpc) is 2.37. The summed E-state index contributed by atoms with van der Waals surface area (Å²) in [4.78, 5) is 22.4. The monoisotopic (exact) mass is 285 g/mol. The molecule has 0 unspecified atom stereocenters. The van der Waals surface area contributed by atoms with Crippen LogP contribution in [-0.4, -0.2) is 24.4 Å². The van der Waals surface area contributed by atoms with E-state index >= 15 is 0 Å². The van der Waals surface area contributed by atoms with Crippen molar-refractivity contribution in [1.82, 2.24) is 5.32 Å².